The van der Waals surface area contributed by atoms with E-state index >= 15 is 0 Å². The number of para-hydroxylation sites is 1. The third-order valence-electron chi connectivity index (χ3n) is 3.46. The minimum Gasteiger partial charge on any atom is -0.481 e. The summed E-state index contributed by atoms with van der Waals surface area (Å²) in [4.78, 5) is 34.9. The van der Waals surface area contributed by atoms with Crippen LogP contribution in [0.3, 0.4) is 0 Å². The minimum absolute atomic E-state index is 0.0597. The van der Waals surface area contributed by atoms with Crippen LogP contribution in [0, 0.1) is 12.8 Å². The zero-order valence-electron chi connectivity index (χ0n) is 13.5. The van der Waals surface area contributed by atoms with Gasteiger partial charge in [0, 0.05) is 24.7 Å². The molecule has 0 aliphatic carbocycles. The van der Waals surface area contributed by atoms with E-state index in [0.717, 1.165) is 5.69 Å². The third kappa shape index (κ3) is 4.28. The molecule has 0 spiro atoms. The molecule has 7 heteroatoms. The fourth-order valence-electron chi connectivity index (χ4n) is 2.26. The summed E-state index contributed by atoms with van der Waals surface area (Å²) in [5.74, 6) is -1.79. The zero-order chi connectivity index (χ0) is 17.7. The first kappa shape index (κ1) is 17.4. The second kappa shape index (κ2) is 7.54. The van der Waals surface area contributed by atoms with Gasteiger partial charge in [-0.15, -0.1) is 0 Å². The first-order valence-electron chi connectivity index (χ1n) is 7.55. The monoisotopic (exact) mass is 329 g/mol. The molecule has 0 saturated carbocycles. The highest BCUT2D eigenvalue weighted by Gasteiger charge is 2.16. The summed E-state index contributed by atoms with van der Waals surface area (Å²) in [6.07, 6.45) is -0.0597. The van der Waals surface area contributed by atoms with Crippen LogP contribution in [0.15, 0.2) is 41.2 Å². The summed E-state index contributed by atoms with van der Waals surface area (Å²) in [6.45, 7) is 3.60. The molecule has 1 amide bonds. The van der Waals surface area contributed by atoms with Gasteiger partial charge in [0.25, 0.3) is 5.91 Å². The van der Waals surface area contributed by atoms with Gasteiger partial charge in [0.05, 0.1) is 5.69 Å². The lowest BCUT2D eigenvalue weighted by Crippen LogP contribution is -2.34. The lowest BCUT2D eigenvalue weighted by molar-refractivity contribution is -0.137. The number of carboxylic acid groups (broad SMARTS) is 1. The van der Waals surface area contributed by atoms with Crippen LogP contribution in [-0.2, 0) is 4.79 Å². The SMILES string of the molecule is Cc1cc(=O)c(C(=O)NCC(C)CC(=O)O)nn1-c1ccccc1. The summed E-state index contributed by atoms with van der Waals surface area (Å²) in [5, 5.41) is 15.4. The predicted octanol–water partition coefficient (Wildman–Crippen LogP) is 1.38. The molecule has 1 aromatic heterocycles. The van der Waals surface area contributed by atoms with Crippen LogP contribution in [0.2, 0.25) is 0 Å². The van der Waals surface area contributed by atoms with E-state index in [9.17, 15) is 14.4 Å². The number of hydrogen-bond donors (Lipinski definition) is 2. The van der Waals surface area contributed by atoms with Crippen LogP contribution in [0.1, 0.15) is 29.5 Å². The summed E-state index contributed by atoms with van der Waals surface area (Å²) < 4.78 is 1.52. The smallest absolute Gasteiger partial charge is 0.303 e. The zero-order valence-corrected chi connectivity index (χ0v) is 13.5. The minimum atomic E-state index is -0.934. The van der Waals surface area contributed by atoms with Gasteiger partial charge in [-0.1, -0.05) is 25.1 Å². The van der Waals surface area contributed by atoms with Gasteiger partial charge < -0.3 is 10.4 Å². The molecule has 0 aliphatic heterocycles. The third-order valence-corrected chi connectivity index (χ3v) is 3.46. The van der Waals surface area contributed by atoms with Crippen LogP contribution in [0.25, 0.3) is 5.69 Å². The van der Waals surface area contributed by atoms with Crippen LogP contribution in [-0.4, -0.2) is 33.3 Å². The highest BCUT2D eigenvalue weighted by Crippen LogP contribution is 2.08. The lowest BCUT2D eigenvalue weighted by atomic mass is 10.1. The Bertz CT molecular complexity index is 799. The number of aliphatic carboxylic acids is 1. The van der Waals surface area contributed by atoms with Gasteiger partial charge in [0.1, 0.15) is 0 Å². The van der Waals surface area contributed by atoms with Gasteiger partial charge in [0.15, 0.2) is 5.69 Å². The van der Waals surface area contributed by atoms with Crippen molar-refractivity contribution < 1.29 is 14.7 Å². The van der Waals surface area contributed by atoms with Gasteiger partial charge in [0.2, 0.25) is 5.43 Å². The lowest BCUT2D eigenvalue weighted by Gasteiger charge is -2.12. The number of benzene rings is 1. The van der Waals surface area contributed by atoms with Crippen LogP contribution < -0.4 is 10.7 Å². The number of rotatable bonds is 6. The Hall–Kier alpha value is -2.96. The summed E-state index contributed by atoms with van der Waals surface area (Å²) >= 11 is 0. The molecule has 2 N–H and O–H groups in total. The maximum atomic E-state index is 12.2. The highest BCUT2D eigenvalue weighted by molar-refractivity contribution is 5.92. The molecule has 0 saturated heterocycles. The fourth-order valence-corrected chi connectivity index (χ4v) is 2.26. The largest absolute Gasteiger partial charge is 0.481 e. The fraction of sp³-hybridized carbons (Fsp3) is 0.294. The average molecular weight is 329 g/mol. The van der Waals surface area contributed by atoms with E-state index < -0.39 is 17.3 Å². The van der Waals surface area contributed by atoms with Crippen LogP contribution in [0.5, 0.6) is 0 Å². The number of nitrogens with one attached hydrogen (secondary N) is 1. The molecule has 1 unspecified atom stereocenters. The summed E-state index contributed by atoms with van der Waals surface area (Å²) in [5.41, 5.74) is 0.667. The van der Waals surface area contributed by atoms with Crippen molar-refractivity contribution in [3.8, 4) is 5.69 Å². The molecule has 1 heterocycles. The Balaban J connectivity index is 2.22. The first-order valence-corrected chi connectivity index (χ1v) is 7.55. The Kier molecular flexibility index (Phi) is 5.47. The molecule has 0 aliphatic rings. The Labute approximate surface area is 138 Å². The topological polar surface area (TPSA) is 101 Å². The number of aryl methyl sites for hydroxylation is 1. The number of amides is 1. The second-order valence-electron chi connectivity index (χ2n) is 5.66. The maximum absolute atomic E-state index is 12.2. The molecule has 0 bridgehead atoms. The molecular formula is C17H19N3O4. The van der Waals surface area contributed by atoms with Gasteiger partial charge in [-0.05, 0) is 25.0 Å². The van der Waals surface area contributed by atoms with Crippen molar-refractivity contribution >= 4 is 11.9 Å². The number of hydrogen-bond acceptors (Lipinski definition) is 4. The highest BCUT2D eigenvalue weighted by atomic mass is 16.4. The van der Waals surface area contributed by atoms with Gasteiger partial charge in [-0.2, -0.15) is 5.10 Å². The molecule has 126 valence electrons. The Morgan fingerprint density at radius 3 is 2.58 bits per heavy atom. The Morgan fingerprint density at radius 1 is 1.29 bits per heavy atom. The number of nitrogens with zero attached hydrogens (tertiary/aromatic N) is 2. The maximum Gasteiger partial charge on any atom is 0.303 e. The normalized spacial score (nSPS) is 11.8. The average Bonchev–Trinajstić information content (AvgIpc) is 2.53. The van der Waals surface area contributed by atoms with Crippen LogP contribution in [0.4, 0.5) is 0 Å². The molecule has 1 atom stereocenters. The quantitative estimate of drug-likeness (QED) is 0.834. The van der Waals surface area contributed by atoms with Crippen LogP contribution >= 0.6 is 0 Å². The number of carbonyl (C=O) groups is 2. The molecule has 7 nitrogen and oxygen atoms in total. The number of carboxylic acids is 1. The van der Waals surface area contributed by atoms with Gasteiger partial charge in [-0.3, -0.25) is 14.4 Å². The van der Waals surface area contributed by atoms with E-state index in [0.29, 0.717) is 5.69 Å². The van der Waals surface area contributed by atoms with E-state index in [1.165, 1.54) is 10.7 Å². The van der Waals surface area contributed by atoms with Crippen molar-refractivity contribution in [2.75, 3.05) is 6.54 Å². The van der Waals surface area contributed by atoms with Crippen molar-refractivity contribution in [2.45, 2.75) is 20.3 Å². The van der Waals surface area contributed by atoms with Crippen molar-refractivity contribution in [3.63, 3.8) is 0 Å². The van der Waals surface area contributed by atoms with Crippen molar-refractivity contribution in [1.82, 2.24) is 15.1 Å². The predicted molar refractivity (Wildman–Crippen MR) is 88.3 cm³/mol. The van der Waals surface area contributed by atoms with Gasteiger partial charge in [-0.25, -0.2) is 4.68 Å². The molecule has 0 fully saturated rings. The second-order valence-corrected chi connectivity index (χ2v) is 5.66. The first-order chi connectivity index (χ1) is 11.4. The van der Waals surface area contributed by atoms with E-state index in [4.69, 9.17) is 5.11 Å². The van der Waals surface area contributed by atoms with Crippen molar-refractivity contribution in [1.29, 1.82) is 0 Å². The standard InChI is InChI=1S/C17H19N3O4/c1-11(8-15(22)23)10-18-17(24)16-14(21)9-12(2)20(19-16)13-6-4-3-5-7-13/h3-7,9,11H,8,10H2,1-2H3,(H,18,24)(H,22,23). The molecule has 1 aromatic carbocycles. The molecule has 2 rings (SSSR count). The van der Waals surface area contributed by atoms with E-state index in [1.807, 2.05) is 30.3 Å². The van der Waals surface area contributed by atoms with Crippen molar-refractivity contribution in [2.24, 2.45) is 5.92 Å². The Morgan fingerprint density at radius 2 is 1.96 bits per heavy atom. The molecule has 2 aromatic rings. The summed E-state index contributed by atoms with van der Waals surface area (Å²) in [7, 11) is 0. The van der Waals surface area contributed by atoms with Crippen molar-refractivity contribution in [3.05, 3.63) is 58.0 Å². The molecule has 24 heavy (non-hydrogen) atoms. The summed E-state index contributed by atoms with van der Waals surface area (Å²) in [6, 6.07) is 10.5. The molecule has 0 radical (unpaired) electrons. The van der Waals surface area contributed by atoms with E-state index in [2.05, 4.69) is 10.4 Å². The van der Waals surface area contributed by atoms with Gasteiger partial charge >= 0.3 is 5.97 Å². The molecular weight excluding hydrogens is 310 g/mol. The number of aromatic nitrogens is 2. The van der Waals surface area contributed by atoms with E-state index in [1.54, 1.807) is 13.8 Å². The number of carbonyl (C=O) groups excluding carboxylic acids is 1. The van der Waals surface area contributed by atoms with E-state index in [-0.39, 0.29) is 24.6 Å².